The van der Waals surface area contributed by atoms with Crippen molar-refractivity contribution < 1.29 is 4.79 Å². The quantitative estimate of drug-likeness (QED) is 0.621. The molecule has 1 fully saturated rings. The molecule has 4 heteroatoms. The Balaban J connectivity index is 2.48. The highest BCUT2D eigenvalue weighted by atomic mass is 16.2. The summed E-state index contributed by atoms with van der Waals surface area (Å²) in [5, 5.41) is 6.13. The number of urea groups is 1. The van der Waals surface area contributed by atoms with Gasteiger partial charge in [0.2, 0.25) is 0 Å². The summed E-state index contributed by atoms with van der Waals surface area (Å²) in [6.45, 7) is 7.50. The van der Waals surface area contributed by atoms with E-state index in [1.54, 1.807) is 0 Å². The molecule has 0 bridgehead atoms. The summed E-state index contributed by atoms with van der Waals surface area (Å²) >= 11 is 0. The van der Waals surface area contributed by atoms with Gasteiger partial charge < -0.3 is 15.5 Å². The predicted molar refractivity (Wildman–Crippen MR) is 52.7 cm³/mol. The predicted octanol–water partition coefficient (Wildman–Crippen LogP) is 0.400. The molecular formula is C9H19N3O. The maximum absolute atomic E-state index is 11.5. The van der Waals surface area contributed by atoms with Crippen molar-refractivity contribution in [2.75, 3.05) is 26.2 Å². The van der Waals surface area contributed by atoms with Gasteiger partial charge in [0.25, 0.3) is 0 Å². The fourth-order valence-corrected chi connectivity index (χ4v) is 1.57. The minimum absolute atomic E-state index is 0.0682. The van der Waals surface area contributed by atoms with Crippen LogP contribution in [0.3, 0.4) is 0 Å². The third kappa shape index (κ3) is 2.88. The number of hydrogen-bond acceptors (Lipinski definition) is 2. The van der Waals surface area contributed by atoms with E-state index in [4.69, 9.17) is 0 Å². The number of amides is 2. The van der Waals surface area contributed by atoms with Crippen LogP contribution in [0.5, 0.6) is 0 Å². The first-order valence-corrected chi connectivity index (χ1v) is 5.01. The van der Waals surface area contributed by atoms with Gasteiger partial charge in [0.15, 0.2) is 0 Å². The van der Waals surface area contributed by atoms with Crippen LogP contribution in [0.2, 0.25) is 0 Å². The van der Waals surface area contributed by atoms with Crippen molar-refractivity contribution >= 4 is 6.03 Å². The first kappa shape index (κ1) is 10.3. The molecule has 0 aromatic carbocycles. The fraction of sp³-hybridized carbons (Fsp3) is 0.889. The lowest BCUT2D eigenvalue weighted by Crippen LogP contribution is -2.46. The minimum Gasteiger partial charge on any atom is -0.338 e. The maximum Gasteiger partial charge on any atom is 0.317 e. The zero-order chi connectivity index (χ0) is 9.68. The second-order valence-corrected chi connectivity index (χ2v) is 3.44. The monoisotopic (exact) mass is 185 g/mol. The summed E-state index contributed by atoms with van der Waals surface area (Å²) in [6, 6.07) is 0.368. The van der Waals surface area contributed by atoms with Gasteiger partial charge in [0, 0.05) is 25.7 Å². The normalized spacial score (nSPS) is 23.8. The molecule has 1 aliphatic heterocycles. The number of carbonyl (C=O) groups excluding carboxylic acids is 1. The summed E-state index contributed by atoms with van der Waals surface area (Å²) in [5.74, 6) is 0. The summed E-state index contributed by atoms with van der Waals surface area (Å²) in [6.07, 6.45) is 1.04. The Morgan fingerprint density at radius 2 is 2.46 bits per heavy atom. The minimum atomic E-state index is 0.0682. The molecule has 1 aliphatic rings. The van der Waals surface area contributed by atoms with E-state index in [-0.39, 0.29) is 6.03 Å². The molecule has 0 aliphatic carbocycles. The van der Waals surface area contributed by atoms with Gasteiger partial charge in [0.1, 0.15) is 0 Å². The topological polar surface area (TPSA) is 44.4 Å². The Hall–Kier alpha value is -0.770. The molecule has 1 atom stereocenters. The standard InChI is InChI=1S/C9H19N3O/c1-3-11-9(13)12-6-4-5-10-7-8(12)2/h8,10H,3-7H2,1-2H3,(H,11,13). The smallest absolute Gasteiger partial charge is 0.317 e. The number of rotatable bonds is 1. The number of nitrogens with zero attached hydrogens (tertiary/aromatic N) is 1. The molecular weight excluding hydrogens is 166 g/mol. The molecule has 2 N–H and O–H groups in total. The van der Waals surface area contributed by atoms with Crippen LogP contribution in [0.4, 0.5) is 4.79 Å². The molecule has 4 nitrogen and oxygen atoms in total. The van der Waals surface area contributed by atoms with Crippen molar-refractivity contribution in [2.24, 2.45) is 0 Å². The largest absolute Gasteiger partial charge is 0.338 e. The van der Waals surface area contributed by atoms with Crippen LogP contribution >= 0.6 is 0 Å². The molecule has 0 spiro atoms. The molecule has 1 saturated heterocycles. The van der Waals surface area contributed by atoms with Gasteiger partial charge in [-0.05, 0) is 26.8 Å². The van der Waals surface area contributed by atoms with Crippen LogP contribution in [-0.4, -0.2) is 43.2 Å². The van der Waals surface area contributed by atoms with Crippen LogP contribution in [-0.2, 0) is 0 Å². The SMILES string of the molecule is CCNC(=O)N1CCCNCC1C. The maximum atomic E-state index is 11.5. The van der Waals surface area contributed by atoms with Gasteiger partial charge in [-0.1, -0.05) is 0 Å². The fourth-order valence-electron chi connectivity index (χ4n) is 1.57. The van der Waals surface area contributed by atoms with Crippen LogP contribution in [0.15, 0.2) is 0 Å². The lowest BCUT2D eigenvalue weighted by Gasteiger charge is -2.26. The van der Waals surface area contributed by atoms with Gasteiger partial charge in [-0.25, -0.2) is 4.79 Å². The molecule has 0 saturated carbocycles. The average molecular weight is 185 g/mol. The van der Waals surface area contributed by atoms with Crippen molar-refractivity contribution in [1.29, 1.82) is 0 Å². The van der Waals surface area contributed by atoms with E-state index in [1.807, 2.05) is 11.8 Å². The van der Waals surface area contributed by atoms with E-state index in [0.29, 0.717) is 12.6 Å². The van der Waals surface area contributed by atoms with E-state index in [9.17, 15) is 4.79 Å². The van der Waals surface area contributed by atoms with E-state index in [0.717, 1.165) is 26.1 Å². The van der Waals surface area contributed by atoms with Gasteiger partial charge >= 0.3 is 6.03 Å². The molecule has 0 aromatic rings. The average Bonchev–Trinajstić information content (AvgIpc) is 2.30. The van der Waals surface area contributed by atoms with E-state index < -0.39 is 0 Å². The summed E-state index contributed by atoms with van der Waals surface area (Å²) in [5.41, 5.74) is 0. The third-order valence-corrected chi connectivity index (χ3v) is 2.31. The third-order valence-electron chi connectivity index (χ3n) is 2.31. The van der Waals surface area contributed by atoms with E-state index >= 15 is 0 Å². The van der Waals surface area contributed by atoms with E-state index in [2.05, 4.69) is 17.6 Å². The second-order valence-electron chi connectivity index (χ2n) is 3.44. The highest BCUT2D eigenvalue weighted by Gasteiger charge is 2.20. The number of hydrogen-bond donors (Lipinski definition) is 2. The van der Waals surface area contributed by atoms with Crippen molar-refractivity contribution in [1.82, 2.24) is 15.5 Å². The molecule has 76 valence electrons. The van der Waals surface area contributed by atoms with Gasteiger partial charge in [-0.2, -0.15) is 0 Å². The molecule has 2 amide bonds. The van der Waals surface area contributed by atoms with Crippen LogP contribution in [0, 0.1) is 0 Å². The van der Waals surface area contributed by atoms with Crippen LogP contribution in [0.25, 0.3) is 0 Å². The summed E-state index contributed by atoms with van der Waals surface area (Å²) in [4.78, 5) is 13.5. The first-order chi connectivity index (χ1) is 6.25. The van der Waals surface area contributed by atoms with Gasteiger partial charge in [-0.3, -0.25) is 0 Å². The number of carbonyl (C=O) groups is 1. The summed E-state index contributed by atoms with van der Waals surface area (Å²) in [7, 11) is 0. The molecule has 13 heavy (non-hydrogen) atoms. The zero-order valence-electron chi connectivity index (χ0n) is 8.47. The van der Waals surface area contributed by atoms with Gasteiger partial charge in [0.05, 0.1) is 0 Å². The van der Waals surface area contributed by atoms with Crippen molar-refractivity contribution in [2.45, 2.75) is 26.3 Å². The van der Waals surface area contributed by atoms with Crippen molar-refractivity contribution in [3.05, 3.63) is 0 Å². The molecule has 1 heterocycles. The van der Waals surface area contributed by atoms with Crippen molar-refractivity contribution in [3.63, 3.8) is 0 Å². The molecule has 0 aromatic heterocycles. The molecule has 1 unspecified atom stereocenters. The highest BCUT2D eigenvalue weighted by Crippen LogP contribution is 2.03. The highest BCUT2D eigenvalue weighted by molar-refractivity contribution is 5.74. The Kier molecular flexibility index (Phi) is 4.02. The Morgan fingerprint density at radius 1 is 1.69 bits per heavy atom. The zero-order valence-corrected chi connectivity index (χ0v) is 8.47. The Morgan fingerprint density at radius 3 is 3.15 bits per heavy atom. The molecule has 1 rings (SSSR count). The van der Waals surface area contributed by atoms with Gasteiger partial charge in [-0.15, -0.1) is 0 Å². The van der Waals surface area contributed by atoms with E-state index in [1.165, 1.54) is 0 Å². The Bertz CT molecular complexity index is 172. The molecule has 0 radical (unpaired) electrons. The second kappa shape index (κ2) is 5.07. The van der Waals surface area contributed by atoms with Crippen molar-refractivity contribution in [3.8, 4) is 0 Å². The number of nitrogens with one attached hydrogen (secondary N) is 2. The van der Waals surface area contributed by atoms with Crippen LogP contribution < -0.4 is 10.6 Å². The Labute approximate surface area is 79.7 Å². The first-order valence-electron chi connectivity index (χ1n) is 5.01. The lowest BCUT2D eigenvalue weighted by molar-refractivity contribution is 0.184. The lowest BCUT2D eigenvalue weighted by atomic mass is 10.3. The summed E-state index contributed by atoms with van der Waals surface area (Å²) < 4.78 is 0. The van der Waals surface area contributed by atoms with Crippen LogP contribution in [0.1, 0.15) is 20.3 Å².